The first-order chi connectivity index (χ1) is 13.6. The number of fused-ring (bicyclic) bond motifs is 1. The standard InChI is InChI=1S/C20H25N3O3.CH2O/c1-3-5-7-8-13-18(24)21-17-11-9-10-15-16(17)14-23(20(15)26)22-19(25)12-6-4-2;1-2/h1,9-11H,4-8,12-14H2,2H3,(H,21,24)(H,22,25);1H2. The molecule has 7 nitrogen and oxygen atoms in total. The number of amides is 3. The molecule has 0 bridgehead atoms. The van der Waals surface area contributed by atoms with E-state index in [0.717, 1.165) is 31.2 Å². The SMILES string of the molecule is C#CCCCCC(=O)Nc1cccc2c1CN(NC(=O)CCCC)C2=O.C=O. The molecule has 1 aliphatic heterocycles. The zero-order chi connectivity index (χ0) is 20.9. The molecule has 0 atom stereocenters. The van der Waals surface area contributed by atoms with E-state index in [-0.39, 0.29) is 24.3 Å². The van der Waals surface area contributed by atoms with E-state index in [1.54, 1.807) is 18.2 Å². The number of hydrogen-bond acceptors (Lipinski definition) is 4. The Labute approximate surface area is 165 Å². The quantitative estimate of drug-likeness (QED) is 0.505. The molecule has 2 rings (SSSR count). The highest BCUT2D eigenvalue weighted by Gasteiger charge is 2.30. The smallest absolute Gasteiger partial charge is 0.273 e. The predicted molar refractivity (Wildman–Crippen MR) is 107 cm³/mol. The molecule has 0 saturated heterocycles. The summed E-state index contributed by atoms with van der Waals surface area (Å²) in [6, 6.07) is 5.21. The van der Waals surface area contributed by atoms with Crippen LogP contribution in [0.5, 0.6) is 0 Å². The van der Waals surface area contributed by atoms with Gasteiger partial charge in [0.1, 0.15) is 6.79 Å². The Hall–Kier alpha value is -3.14. The molecular weight excluding hydrogens is 358 g/mol. The van der Waals surface area contributed by atoms with Crippen LogP contribution in [0.1, 0.15) is 67.8 Å². The third-order valence-electron chi connectivity index (χ3n) is 4.23. The van der Waals surface area contributed by atoms with Crippen LogP contribution in [0.3, 0.4) is 0 Å². The monoisotopic (exact) mass is 385 g/mol. The second-order valence-corrected chi connectivity index (χ2v) is 6.32. The number of carbonyl (C=O) groups excluding carboxylic acids is 4. The molecule has 0 spiro atoms. The van der Waals surface area contributed by atoms with Gasteiger partial charge in [0, 0.05) is 36.1 Å². The molecule has 3 amide bonds. The van der Waals surface area contributed by atoms with E-state index in [2.05, 4.69) is 16.7 Å². The maximum Gasteiger partial charge on any atom is 0.273 e. The van der Waals surface area contributed by atoms with Crippen molar-refractivity contribution in [1.82, 2.24) is 10.4 Å². The number of hydrogen-bond donors (Lipinski definition) is 2. The third kappa shape index (κ3) is 6.54. The fourth-order valence-electron chi connectivity index (χ4n) is 2.81. The highest BCUT2D eigenvalue weighted by molar-refractivity contribution is 6.02. The molecule has 1 heterocycles. The maximum atomic E-state index is 12.5. The topological polar surface area (TPSA) is 95.6 Å². The number of nitrogens with zero attached hydrogens (tertiary/aromatic N) is 1. The summed E-state index contributed by atoms with van der Waals surface area (Å²) < 4.78 is 0. The number of hydrazine groups is 1. The maximum absolute atomic E-state index is 12.5. The summed E-state index contributed by atoms with van der Waals surface area (Å²) in [5.41, 5.74) is 4.50. The Bertz CT molecular complexity index is 740. The minimum absolute atomic E-state index is 0.103. The Morgan fingerprint density at radius 2 is 1.89 bits per heavy atom. The molecule has 1 aromatic carbocycles. The van der Waals surface area contributed by atoms with Crippen LogP contribution < -0.4 is 10.7 Å². The van der Waals surface area contributed by atoms with Gasteiger partial charge in [-0.25, -0.2) is 5.01 Å². The third-order valence-corrected chi connectivity index (χ3v) is 4.23. The molecule has 0 saturated carbocycles. The van der Waals surface area contributed by atoms with Crippen molar-refractivity contribution in [2.45, 2.75) is 58.4 Å². The van der Waals surface area contributed by atoms with Crippen LogP contribution in [0.15, 0.2) is 18.2 Å². The van der Waals surface area contributed by atoms with Gasteiger partial charge in [0.05, 0.1) is 6.54 Å². The van der Waals surface area contributed by atoms with Crippen LogP contribution in [-0.4, -0.2) is 29.5 Å². The average Bonchev–Trinajstić information content (AvgIpc) is 3.02. The van der Waals surface area contributed by atoms with E-state index in [1.807, 2.05) is 13.7 Å². The molecule has 7 heteroatoms. The van der Waals surface area contributed by atoms with Gasteiger partial charge in [-0.15, -0.1) is 12.3 Å². The van der Waals surface area contributed by atoms with Crippen molar-refractivity contribution in [3.05, 3.63) is 29.3 Å². The Morgan fingerprint density at radius 3 is 2.57 bits per heavy atom. The van der Waals surface area contributed by atoms with Crippen LogP contribution in [0.4, 0.5) is 5.69 Å². The molecule has 1 aromatic rings. The van der Waals surface area contributed by atoms with Gasteiger partial charge in [-0.1, -0.05) is 19.4 Å². The van der Waals surface area contributed by atoms with Crippen LogP contribution in [0.25, 0.3) is 0 Å². The first-order valence-corrected chi connectivity index (χ1v) is 9.32. The van der Waals surface area contributed by atoms with Gasteiger partial charge in [-0.3, -0.25) is 19.8 Å². The minimum atomic E-state index is -0.255. The summed E-state index contributed by atoms with van der Waals surface area (Å²) >= 11 is 0. The first-order valence-electron chi connectivity index (χ1n) is 9.32. The van der Waals surface area contributed by atoms with Crippen molar-refractivity contribution in [3.63, 3.8) is 0 Å². The van der Waals surface area contributed by atoms with Crippen molar-refractivity contribution in [1.29, 1.82) is 0 Å². The van der Waals surface area contributed by atoms with E-state index < -0.39 is 0 Å². The summed E-state index contributed by atoms with van der Waals surface area (Å²) in [7, 11) is 0. The second kappa shape index (κ2) is 12.3. The number of carbonyl (C=O) groups is 4. The molecule has 0 unspecified atom stereocenters. The lowest BCUT2D eigenvalue weighted by Gasteiger charge is -2.17. The van der Waals surface area contributed by atoms with Gasteiger partial charge in [0.25, 0.3) is 5.91 Å². The lowest BCUT2D eigenvalue weighted by molar-refractivity contribution is -0.125. The van der Waals surface area contributed by atoms with E-state index in [1.165, 1.54) is 5.01 Å². The zero-order valence-electron chi connectivity index (χ0n) is 16.3. The first kappa shape index (κ1) is 22.9. The van der Waals surface area contributed by atoms with Crippen LogP contribution in [0.2, 0.25) is 0 Å². The highest BCUT2D eigenvalue weighted by Crippen LogP contribution is 2.28. The molecule has 0 aliphatic carbocycles. The van der Waals surface area contributed by atoms with Crippen molar-refractivity contribution in [3.8, 4) is 12.3 Å². The van der Waals surface area contributed by atoms with E-state index in [0.29, 0.717) is 30.5 Å². The average molecular weight is 385 g/mol. The van der Waals surface area contributed by atoms with Gasteiger partial charge >= 0.3 is 0 Å². The largest absolute Gasteiger partial charge is 0.326 e. The fraction of sp³-hybridized carbons (Fsp3) is 0.429. The summed E-state index contributed by atoms with van der Waals surface area (Å²) in [5.74, 6) is 2.02. The fourth-order valence-corrected chi connectivity index (χ4v) is 2.81. The molecule has 0 fully saturated rings. The summed E-state index contributed by atoms with van der Waals surface area (Å²) in [5, 5.41) is 4.18. The Kier molecular flexibility index (Phi) is 10.0. The molecule has 0 radical (unpaired) electrons. The van der Waals surface area contributed by atoms with Crippen molar-refractivity contribution < 1.29 is 19.2 Å². The number of terminal acetylenes is 1. The molecule has 28 heavy (non-hydrogen) atoms. The molecule has 2 N–H and O–H groups in total. The number of rotatable bonds is 9. The zero-order valence-corrected chi connectivity index (χ0v) is 16.3. The van der Waals surface area contributed by atoms with Crippen LogP contribution in [-0.2, 0) is 20.9 Å². The Balaban J connectivity index is 0.00000190. The van der Waals surface area contributed by atoms with Gasteiger partial charge in [-0.2, -0.15) is 0 Å². The van der Waals surface area contributed by atoms with Crippen LogP contribution in [0, 0.1) is 12.3 Å². The van der Waals surface area contributed by atoms with Gasteiger partial charge < -0.3 is 10.1 Å². The lowest BCUT2D eigenvalue weighted by atomic mass is 10.1. The lowest BCUT2D eigenvalue weighted by Crippen LogP contribution is -2.42. The Morgan fingerprint density at radius 1 is 1.18 bits per heavy atom. The van der Waals surface area contributed by atoms with E-state index in [9.17, 15) is 14.4 Å². The number of unbranched alkanes of at least 4 members (excludes halogenated alkanes) is 3. The summed E-state index contributed by atoms with van der Waals surface area (Å²) in [6.45, 7) is 4.26. The normalized spacial score (nSPS) is 11.7. The number of benzene rings is 1. The van der Waals surface area contributed by atoms with Crippen molar-refractivity contribution in [2.24, 2.45) is 0 Å². The molecule has 0 aromatic heterocycles. The highest BCUT2D eigenvalue weighted by atomic mass is 16.2. The molecule has 1 aliphatic rings. The predicted octanol–water partition coefficient (Wildman–Crippen LogP) is 2.81. The minimum Gasteiger partial charge on any atom is -0.326 e. The molecule has 150 valence electrons. The summed E-state index contributed by atoms with van der Waals surface area (Å²) in [4.78, 5) is 44.5. The van der Waals surface area contributed by atoms with Gasteiger partial charge in [0.2, 0.25) is 11.8 Å². The van der Waals surface area contributed by atoms with E-state index in [4.69, 9.17) is 11.2 Å². The molecular formula is C21H27N3O4. The van der Waals surface area contributed by atoms with E-state index >= 15 is 0 Å². The number of nitrogens with one attached hydrogen (secondary N) is 2. The van der Waals surface area contributed by atoms with Crippen LogP contribution >= 0.6 is 0 Å². The van der Waals surface area contributed by atoms with Gasteiger partial charge in [0.15, 0.2) is 0 Å². The van der Waals surface area contributed by atoms with Crippen molar-refractivity contribution in [2.75, 3.05) is 5.32 Å². The number of anilines is 1. The van der Waals surface area contributed by atoms with Gasteiger partial charge in [-0.05, 0) is 31.4 Å². The van der Waals surface area contributed by atoms with Crippen molar-refractivity contribution >= 4 is 30.2 Å². The summed E-state index contributed by atoms with van der Waals surface area (Å²) in [6.07, 6.45) is 9.87. The second-order valence-electron chi connectivity index (χ2n) is 6.32.